The van der Waals surface area contributed by atoms with Crippen LogP contribution in [0.3, 0.4) is 0 Å². The van der Waals surface area contributed by atoms with Crippen LogP contribution in [0, 0.1) is 0 Å². The van der Waals surface area contributed by atoms with Crippen molar-refractivity contribution in [1.82, 2.24) is 14.5 Å². The molecule has 8 heteroatoms. The summed E-state index contributed by atoms with van der Waals surface area (Å²) in [6.45, 7) is 0.901. The Hall–Kier alpha value is -2.87. The Morgan fingerprint density at radius 1 is 1.30 bits per heavy atom. The summed E-state index contributed by atoms with van der Waals surface area (Å²) in [5, 5.41) is 2.82. The number of aromatic nitrogens is 2. The summed E-state index contributed by atoms with van der Waals surface area (Å²) in [4.78, 5) is 30.2. The Labute approximate surface area is 165 Å². The van der Waals surface area contributed by atoms with Crippen LogP contribution in [0.2, 0.25) is 0 Å². The topological polar surface area (TPSA) is 80.4 Å². The maximum atomic E-state index is 12.6. The van der Waals surface area contributed by atoms with E-state index >= 15 is 0 Å². The molecule has 2 amide bonds. The number of furan rings is 1. The molecule has 0 spiro atoms. The number of imidazole rings is 1. The van der Waals surface area contributed by atoms with Crippen molar-refractivity contribution in [3.63, 3.8) is 0 Å². The normalized spacial score (nSPS) is 10.6. The van der Waals surface area contributed by atoms with Crippen LogP contribution in [0.4, 0.5) is 5.69 Å². The van der Waals surface area contributed by atoms with Crippen LogP contribution in [-0.4, -0.2) is 33.3 Å². The van der Waals surface area contributed by atoms with Crippen molar-refractivity contribution in [2.45, 2.75) is 19.5 Å². The number of nitrogens with one attached hydrogen (secondary N) is 1. The molecule has 0 unspecified atom stereocenters. The number of anilines is 1. The van der Waals surface area contributed by atoms with Gasteiger partial charge in [-0.15, -0.1) is 0 Å². The fourth-order valence-electron chi connectivity index (χ4n) is 2.57. The first-order valence-electron chi connectivity index (χ1n) is 8.36. The molecular weight excluding hydrogens is 412 g/mol. The van der Waals surface area contributed by atoms with Crippen molar-refractivity contribution >= 4 is 33.4 Å². The van der Waals surface area contributed by atoms with Gasteiger partial charge in [0.15, 0.2) is 4.67 Å². The third-order valence-electron chi connectivity index (χ3n) is 3.92. The Bertz CT molecular complexity index is 921. The predicted octanol–water partition coefficient (Wildman–Crippen LogP) is 3.54. The lowest BCUT2D eigenvalue weighted by molar-refractivity contribution is -0.116. The lowest BCUT2D eigenvalue weighted by Crippen LogP contribution is -2.26. The van der Waals surface area contributed by atoms with Gasteiger partial charge in [0.25, 0.3) is 5.91 Å². The van der Waals surface area contributed by atoms with E-state index in [0.717, 1.165) is 0 Å². The molecule has 27 heavy (non-hydrogen) atoms. The van der Waals surface area contributed by atoms with Crippen molar-refractivity contribution < 1.29 is 14.0 Å². The average Bonchev–Trinajstić information content (AvgIpc) is 3.31. The van der Waals surface area contributed by atoms with E-state index in [1.807, 2.05) is 10.6 Å². The van der Waals surface area contributed by atoms with Gasteiger partial charge in [-0.1, -0.05) is 6.07 Å². The molecule has 7 nitrogen and oxygen atoms in total. The van der Waals surface area contributed by atoms with E-state index in [1.165, 1.54) is 0 Å². The zero-order valence-corrected chi connectivity index (χ0v) is 16.3. The number of aryl methyl sites for hydroxylation is 1. The molecule has 0 saturated heterocycles. The summed E-state index contributed by atoms with van der Waals surface area (Å²) in [6.07, 6.45) is 5.46. The quantitative estimate of drug-likeness (QED) is 0.621. The number of amides is 2. The number of benzene rings is 1. The van der Waals surface area contributed by atoms with Gasteiger partial charge in [-0.05, 0) is 46.3 Å². The van der Waals surface area contributed by atoms with E-state index in [4.69, 9.17) is 4.42 Å². The van der Waals surface area contributed by atoms with E-state index in [0.29, 0.717) is 41.2 Å². The molecule has 0 saturated carbocycles. The maximum absolute atomic E-state index is 12.6. The van der Waals surface area contributed by atoms with Crippen molar-refractivity contribution in [3.05, 3.63) is 71.1 Å². The summed E-state index contributed by atoms with van der Waals surface area (Å²) in [6, 6.07) is 10.5. The fourth-order valence-corrected chi connectivity index (χ4v) is 2.91. The SMILES string of the molecule is CN(Cc1ccc(Br)o1)C(=O)c1cccc(NC(=O)CCn2ccnc2)c1. The Kier molecular flexibility index (Phi) is 6.08. The Morgan fingerprint density at radius 3 is 2.85 bits per heavy atom. The molecule has 1 N–H and O–H groups in total. The molecule has 0 aliphatic heterocycles. The second kappa shape index (κ2) is 8.68. The van der Waals surface area contributed by atoms with E-state index < -0.39 is 0 Å². The van der Waals surface area contributed by atoms with Crippen LogP contribution in [0.25, 0.3) is 0 Å². The van der Waals surface area contributed by atoms with Crippen LogP contribution < -0.4 is 5.32 Å². The van der Waals surface area contributed by atoms with Gasteiger partial charge in [-0.3, -0.25) is 9.59 Å². The number of carbonyl (C=O) groups excluding carboxylic acids is 2. The van der Waals surface area contributed by atoms with E-state index in [1.54, 1.807) is 61.0 Å². The molecule has 2 aromatic heterocycles. The third kappa shape index (κ3) is 5.30. The first kappa shape index (κ1) is 18.9. The summed E-state index contributed by atoms with van der Waals surface area (Å²) >= 11 is 3.25. The number of hydrogen-bond acceptors (Lipinski definition) is 4. The van der Waals surface area contributed by atoms with Gasteiger partial charge in [0.05, 0.1) is 12.9 Å². The van der Waals surface area contributed by atoms with Crippen LogP contribution in [0.5, 0.6) is 0 Å². The minimum atomic E-state index is -0.156. The van der Waals surface area contributed by atoms with Gasteiger partial charge < -0.3 is 19.2 Å². The highest BCUT2D eigenvalue weighted by molar-refractivity contribution is 9.10. The number of nitrogens with zero attached hydrogens (tertiary/aromatic N) is 3. The van der Waals surface area contributed by atoms with E-state index in [2.05, 4.69) is 26.2 Å². The van der Waals surface area contributed by atoms with Crippen LogP contribution in [0.15, 0.2) is 64.2 Å². The lowest BCUT2D eigenvalue weighted by atomic mass is 10.1. The lowest BCUT2D eigenvalue weighted by Gasteiger charge is -2.16. The highest BCUT2D eigenvalue weighted by atomic mass is 79.9. The third-order valence-corrected chi connectivity index (χ3v) is 4.34. The number of carbonyl (C=O) groups is 2. The molecule has 1 aromatic carbocycles. The largest absolute Gasteiger partial charge is 0.452 e. The van der Waals surface area contributed by atoms with Gasteiger partial charge in [0, 0.05) is 43.7 Å². The number of rotatable bonds is 7. The van der Waals surface area contributed by atoms with Crippen molar-refractivity contribution in [3.8, 4) is 0 Å². The van der Waals surface area contributed by atoms with Gasteiger partial charge >= 0.3 is 0 Å². The van der Waals surface area contributed by atoms with Crippen molar-refractivity contribution in [2.24, 2.45) is 0 Å². The molecule has 0 aliphatic carbocycles. The van der Waals surface area contributed by atoms with Crippen molar-refractivity contribution in [1.29, 1.82) is 0 Å². The molecule has 0 aliphatic rings. The average molecular weight is 431 g/mol. The molecule has 0 atom stereocenters. The minimum absolute atomic E-state index is 0.123. The summed E-state index contributed by atoms with van der Waals surface area (Å²) < 4.78 is 7.89. The standard InChI is InChI=1S/C19H19BrN4O3/c1-23(12-16-5-6-17(20)27-16)19(26)14-3-2-4-15(11-14)22-18(25)7-9-24-10-8-21-13-24/h2-6,8,10-11,13H,7,9,12H2,1H3,(H,22,25). The van der Waals surface area contributed by atoms with Crippen molar-refractivity contribution in [2.75, 3.05) is 12.4 Å². The number of hydrogen-bond donors (Lipinski definition) is 1. The first-order chi connectivity index (χ1) is 13.0. The van der Waals surface area contributed by atoms with E-state index in [-0.39, 0.29) is 11.8 Å². The molecule has 0 fully saturated rings. The molecule has 0 bridgehead atoms. The smallest absolute Gasteiger partial charge is 0.254 e. The molecular formula is C19H19BrN4O3. The van der Waals surface area contributed by atoms with E-state index in [9.17, 15) is 9.59 Å². The van der Waals surface area contributed by atoms with Crippen LogP contribution >= 0.6 is 15.9 Å². The predicted molar refractivity (Wildman–Crippen MR) is 104 cm³/mol. The fraction of sp³-hybridized carbons (Fsp3) is 0.211. The molecule has 2 heterocycles. The Balaban J connectivity index is 1.58. The summed E-state index contributed by atoms with van der Waals surface area (Å²) in [5.74, 6) is 0.404. The minimum Gasteiger partial charge on any atom is -0.452 e. The monoisotopic (exact) mass is 430 g/mol. The number of halogens is 1. The van der Waals surface area contributed by atoms with Gasteiger partial charge in [-0.2, -0.15) is 0 Å². The highest BCUT2D eigenvalue weighted by Gasteiger charge is 2.14. The highest BCUT2D eigenvalue weighted by Crippen LogP contribution is 2.17. The zero-order chi connectivity index (χ0) is 19.2. The Morgan fingerprint density at radius 2 is 2.15 bits per heavy atom. The molecule has 0 radical (unpaired) electrons. The van der Waals surface area contributed by atoms with Crippen LogP contribution in [-0.2, 0) is 17.9 Å². The second-order valence-corrected chi connectivity index (χ2v) is 6.83. The molecule has 140 valence electrons. The van der Waals surface area contributed by atoms with Gasteiger partial charge in [0.2, 0.25) is 5.91 Å². The summed E-state index contributed by atoms with van der Waals surface area (Å²) in [5.41, 5.74) is 1.08. The molecule has 3 aromatic rings. The first-order valence-corrected chi connectivity index (χ1v) is 9.16. The van der Waals surface area contributed by atoms with Gasteiger partial charge in [0.1, 0.15) is 5.76 Å². The molecule has 3 rings (SSSR count). The summed E-state index contributed by atoms with van der Waals surface area (Å²) in [7, 11) is 1.70. The zero-order valence-electron chi connectivity index (χ0n) is 14.8. The maximum Gasteiger partial charge on any atom is 0.254 e. The second-order valence-electron chi connectivity index (χ2n) is 6.05. The van der Waals surface area contributed by atoms with Gasteiger partial charge in [-0.25, -0.2) is 4.98 Å². The van der Waals surface area contributed by atoms with Crippen LogP contribution in [0.1, 0.15) is 22.5 Å².